The lowest BCUT2D eigenvalue weighted by atomic mass is 9.67. The molecule has 4 N–H and O–H groups in total. The van der Waals surface area contributed by atoms with E-state index in [2.05, 4.69) is 0 Å². The summed E-state index contributed by atoms with van der Waals surface area (Å²) in [5, 5.41) is 32.1. The predicted molar refractivity (Wildman–Crippen MR) is 131 cm³/mol. The van der Waals surface area contributed by atoms with Gasteiger partial charge in [0.1, 0.15) is 10.7 Å². The standard InChI is InChI=1S/C22H26N4O8S2/c1-11(27)15-17-22(2,10-12-5-7-13(8-6-12)26(31)32)18(16(21(29)30)25(17)19(15)28)35-14-4-3-9-24(23)20(14)36(33)34/h5-8,11,14-15,17,27H,3-4,9-10,23H2,1-2H3,(H,29,30)/t11-,14?,15-,17+,22-/m1/s1. The Morgan fingerprint density at radius 2 is 2.00 bits per heavy atom. The minimum Gasteiger partial charge on any atom is -0.477 e. The Kier molecular flexibility index (Phi) is 7.00. The maximum absolute atomic E-state index is 13.0. The van der Waals surface area contributed by atoms with E-state index in [-0.39, 0.29) is 22.8 Å². The Balaban J connectivity index is 1.83. The minimum absolute atomic E-state index is 0.0474. The fourth-order valence-corrected chi connectivity index (χ4v) is 8.04. The molecule has 194 valence electrons. The van der Waals surface area contributed by atoms with Crippen molar-refractivity contribution < 1.29 is 33.1 Å². The molecule has 2 saturated heterocycles. The molecule has 2 fully saturated rings. The van der Waals surface area contributed by atoms with Gasteiger partial charge in [0.15, 0.2) is 0 Å². The summed E-state index contributed by atoms with van der Waals surface area (Å²) in [6.07, 6.45) is 0.187. The summed E-state index contributed by atoms with van der Waals surface area (Å²) in [4.78, 5) is 37.4. The zero-order valence-electron chi connectivity index (χ0n) is 19.5. The number of non-ortho nitro benzene ring substituents is 1. The topological polar surface area (TPSA) is 184 Å². The molecular formula is C22H26N4O8S2. The van der Waals surface area contributed by atoms with Crippen molar-refractivity contribution in [3.8, 4) is 0 Å². The quantitative estimate of drug-likeness (QED) is 0.146. The Morgan fingerprint density at radius 1 is 1.36 bits per heavy atom. The molecule has 0 radical (unpaired) electrons. The number of carbonyl (C=O) groups is 2. The number of amides is 1. The van der Waals surface area contributed by atoms with E-state index in [1.54, 1.807) is 19.1 Å². The lowest BCUT2D eigenvalue weighted by molar-refractivity contribution is -0.384. The molecule has 4 rings (SSSR count). The van der Waals surface area contributed by atoms with Crippen molar-refractivity contribution in [1.29, 1.82) is 0 Å². The molecule has 1 aromatic rings. The molecule has 12 nitrogen and oxygen atoms in total. The van der Waals surface area contributed by atoms with Gasteiger partial charge in [-0.1, -0.05) is 19.1 Å². The van der Waals surface area contributed by atoms with Gasteiger partial charge in [0.2, 0.25) is 16.2 Å². The molecule has 1 aromatic carbocycles. The predicted octanol–water partition coefficient (Wildman–Crippen LogP) is 0.742. The van der Waals surface area contributed by atoms with Crippen molar-refractivity contribution in [2.45, 2.75) is 50.5 Å². The first-order valence-electron chi connectivity index (χ1n) is 11.3. The van der Waals surface area contributed by atoms with Crippen LogP contribution in [0.15, 0.2) is 34.9 Å². The number of carbonyl (C=O) groups excluding carboxylic acids is 1. The van der Waals surface area contributed by atoms with E-state index in [1.807, 2.05) is 0 Å². The lowest BCUT2D eigenvalue weighted by Crippen LogP contribution is -2.66. The molecule has 3 aliphatic heterocycles. The zero-order valence-corrected chi connectivity index (χ0v) is 21.2. The van der Waals surface area contributed by atoms with Gasteiger partial charge < -0.3 is 15.1 Å². The van der Waals surface area contributed by atoms with Crippen LogP contribution in [-0.2, 0) is 26.3 Å². The SMILES string of the molecule is C[C@@H](O)[C@H]1C(=O)N2C(C(=O)O)=C(SC3CCCN(N)C3=S(=O)=O)[C@](C)(Cc3ccc([N+](=O)[O-])cc3)[C@H]12. The Labute approximate surface area is 212 Å². The van der Waals surface area contributed by atoms with Gasteiger partial charge >= 0.3 is 5.97 Å². The highest BCUT2D eigenvalue weighted by atomic mass is 32.2. The van der Waals surface area contributed by atoms with Crippen LogP contribution >= 0.6 is 11.8 Å². The number of aliphatic carboxylic acids is 1. The van der Waals surface area contributed by atoms with Gasteiger partial charge in [0, 0.05) is 29.0 Å². The van der Waals surface area contributed by atoms with E-state index in [1.165, 1.54) is 24.0 Å². The van der Waals surface area contributed by atoms with Crippen molar-refractivity contribution in [2.24, 2.45) is 17.2 Å². The monoisotopic (exact) mass is 538 g/mol. The van der Waals surface area contributed by atoms with Crippen molar-refractivity contribution in [1.82, 2.24) is 9.91 Å². The number of nitrogens with two attached hydrogens (primary N) is 1. The summed E-state index contributed by atoms with van der Waals surface area (Å²) in [5.74, 6) is 3.22. The molecule has 0 saturated carbocycles. The summed E-state index contributed by atoms with van der Waals surface area (Å²) in [7, 11) is -2.63. The average Bonchev–Trinajstić information content (AvgIpc) is 2.99. The number of β-lactam (4-membered cyclic amide) rings is 1. The summed E-state index contributed by atoms with van der Waals surface area (Å²) < 4.78 is 24.0. The van der Waals surface area contributed by atoms with E-state index < -0.39 is 55.8 Å². The summed E-state index contributed by atoms with van der Waals surface area (Å²) in [6, 6.07) is 5.14. The highest BCUT2D eigenvalue weighted by Gasteiger charge is 2.66. The molecule has 1 amide bonds. The van der Waals surface area contributed by atoms with Crippen LogP contribution in [0.4, 0.5) is 5.69 Å². The van der Waals surface area contributed by atoms with E-state index >= 15 is 0 Å². The van der Waals surface area contributed by atoms with Crippen molar-refractivity contribution in [2.75, 3.05) is 6.54 Å². The van der Waals surface area contributed by atoms with Crippen LogP contribution in [0.5, 0.6) is 0 Å². The number of nitro benzene ring substituents is 1. The van der Waals surface area contributed by atoms with Crippen molar-refractivity contribution in [3.63, 3.8) is 0 Å². The van der Waals surface area contributed by atoms with Crippen LogP contribution in [-0.4, -0.2) is 74.3 Å². The van der Waals surface area contributed by atoms with E-state index in [0.717, 1.165) is 16.8 Å². The number of benzene rings is 1. The molecule has 5 atom stereocenters. The number of aliphatic hydroxyl groups is 1. The Hall–Kier alpha value is -2.78. The smallest absolute Gasteiger partial charge is 0.353 e. The third-order valence-corrected chi connectivity index (χ3v) is 9.71. The molecular weight excluding hydrogens is 512 g/mol. The van der Waals surface area contributed by atoms with Crippen LogP contribution in [0.25, 0.3) is 0 Å². The summed E-state index contributed by atoms with van der Waals surface area (Å²) in [5.41, 5.74) is -0.689. The van der Waals surface area contributed by atoms with Crippen LogP contribution in [0, 0.1) is 21.4 Å². The number of fused-ring (bicyclic) bond motifs is 1. The maximum atomic E-state index is 13.0. The number of nitrogens with zero attached hydrogens (tertiary/aromatic N) is 3. The second-order valence-corrected chi connectivity index (χ2v) is 11.5. The van der Waals surface area contributed by atoms with Crippen LogP contribution in [0.1, 0.15) is 32.3 Å². The number of thioether (sulfide) groups is 1. The summed E-state index contributed by atoms with van der Waals surface area (Å²) >= 11 is 1.07. The normalized spacial score (nSPS) is 29.1. The molecule has 0 aliphatic carbocycles. The van der Waals surface area contributed by atoms with E-state index in [9.17, 15) is 38.3 Å². The molecule has 3 heterocycles. The molecule has 0 aromatic heterocycles. The number of nitro groups is 1. The molecule has 1 unspecified atom stereocenters. The van der Waals surface area contributed by atoms with Crippen molar-refractivity contribution in [3.05, 3.63) is 50.5 Å². The van der Waals surface area contributed by atoms with Gasteiger partial charge in [-0.25, -0.2) is 9.80 Å². The first-order valence-corrected chi connectivity index (χ1v) is 13.2. The number of piperidine rings is 1. The van der Waals surface area contributed by atoms with Gasteiger partial charge in [-0.2, -0.15) is 8.42 Å². The second-order valence-electron chi connectivity index (χ2n) is 9.44. The minimum atomic E-state index is -2.63. The largest absolute Gasteiger partial charge is 0.477 e. The van der Waals surface area contributed by atoms with E-state index in [0.29, 0.717) is 29.9 Å². The highest BCUT2D eigenvalue weighted by molar-refractivity contribution is 8.05. The van der Waals surface area contributed by atoms with Crippen LogP contribution in [0.2, 0.25) is 0 Å². The molecule has 0 bridgehead atoms. The fourth-order valence-electron chi connectivity index (χ4n) is 5.48. The number of hydrogen-bond acceptors (Lipinski definition) is 9. The number of hydrazine groups is 1. The second kappa shape index (κ2) is 9.59. The zero-order chi connectivity index (χ0) is 26.5. The Bertz CT molecular complexity index is 1290. The molecule has 0 spiro atoms. The van der Waals surface area contributed by atoms with Gasteiger partial charge in [-0.15, -0.1) is 11.8 Å². The van der Waals surface area contributed by atoms with Gasteiger partial charge in [-0.3, -0.25) is 20.8 Å². The fraction of sp³-hybridized carbons (Fsp3) is 0.500. The first-order chi connectivity index (χ1) is 16.9. The molecule has 3 aliphatic rings. The first kappa shape index (κ1) is 26.3. The van der Waals surface area contributed by atoms with Crippen LogP contribution < -0.4 is 5.84 Å². The number of hydrogen-bond donors (Lipinski definition) is 3. The van der Waals surface area contributed by atoms with Gasteiger partial charge in [0.05, 0.1) is 28.2 Å². The number of aliphatic hydroxyl groups excluding tert-OH is 1. The van der Waals surface area contributed by atoms with Gasteiger partial charge in [-0.05, 0) is 31.7 Å². The number of rotatable bonds is 7. The number of carboxylic acids is 1. The van der Waals surface area contributed by atoms with Crippen molar-refractivity contribution >= 4 is 44.6 Å². The third-order valence-electron chi connectivity index (χ3n) is 7.06. The van der Waals surface area contributed by atoms with Gasteiger partial charge in [0.25, 0.3) is 5.69 Å². The maximum Gasteiger partial charge on any atom is 0.353 e. The lowest BCUT2D eigenvalue weighted by Gasteiger charge is -2.51. The highest BCUT2D eigenvalue weighted by Crippen LogP contribution is 2.59. The van der Waals surface area contributed by atoms with Crippen LogP contribution in [0.3, 0.4) is 0 Å². The average molecular weight is 539 g/mol. The number of carboxylic acid groups (broad SMARTS) is 1. The molecule has 36 heavy (non-hydrogen) atoms. The summed E-state index contributed by atoms with van der Waals surface area (Å²) in [6.45, 7) is 3.59. The molecule has 14 heteroatoms. The van der Waals surface area contributed by atoms with E-state index in [4.69, 9.17) is 5.84 Å². The Morgan fingerprint density at radius 3 is 2.53 bits per heavy atom. The third kappa shape index (κ3) is 4.22.